The molecular formula is C18H24F3N3O5S. The number of aryl methyl sites for hydroxylation is 1. The Labute approximate surface area is 175 Å². The molecule has 1 aliphatic rings. The average Bonchev–Trinajstić information content (AvgIpc) is 3.09. The van der Waals surface area contributed by atoms with E-state index in [9.17, 15) is 22.8 Å². The molecule has 0 spiro atoms. The van der Waals surface area contributed by atoms with Crippen LogP contribution in [0.2, 0.25) is 0 Å². The molecule has 30 heavy (non-hydrogen) atoms. The van der Waals surface area contributed by atoms with E-state index < -0.39 is 12.1 Å². The topological polar surface area (TPSA) is 111 Å². The minimum atomic E-state index is -5.08. The number of hydrogen-bond acceptors (Lipinski definition) is 7. The first-order chi connectivity index (χ1) is 14.0. The molecule has 2 heterocycles. The van der Waals surface area contributed by atoms with E-state index in [1.165, 1.54) is 17.3 Å². The Morgan fingerprint density at radius 2 is 2.10 bits per heavy atom. The molecule has 0 aromatic carbocycles. The number of carboxylic acids is 1. The highest BCUT2D eigenvalue weighted by molar-refractivity contribution is 8.14. The second-order valence-corrected chi connectivity index (χ2v) is 7.52. The lowest BCUT2D eigenvalue weighted by Gasteiger charge is -2.24. The zero-order valence-electron chi connectivity index (χ0n) is 16.6. The van der Waals surface area contributed by atoms with Gasteiger partial charge in [0.05, 0.1) is 25.3 Å². The molecule has 0 amide bonds. The van der Waals surface area contributed by atoms with Gasteiger partial charge in [0.25, 0.3) is 0 Å². The number of alkyl halides is 3. The third-order valence-corrected chi connectivity index (χ3v) is 4.88. The van der Waals surface area contributed by atoms with Gasteiger partial charge in [-0.2, -0.15) is 18.3 Å². The Morgan fingerprint density at radius 3 is 2.67 bits per heavy atom. The summed E-state index contributed by atoms with van der Waals surface area (Å²) in [5.74, 6) is -2.97. The second kappa shape index (κ2) is 12.4. The molecule has 2 rings (SSSR count). The number of piperidine rings is 1. The van der Waals surface area contributed by atoms with E-state index in [0.29, 0.717) is 19.6 Å². The lowest BCUT2D eigenvalue weighted by Crippen LogP contribution is -2.32. The van der Waals surface area contributed by atoms with Gasteiger partial charge in [-0.25, -0.2) is 4.79 Å². The molecule has 1 unspecified atom stereocenters. The number of hydrogen-bond donors (Lipinski definition) is 2. The van der Waals surface area contributed by atoms with Crippen molar-refractivity contribution in [2.45, 2.75) is 44.7 Å². The average molecular weight is 451 g/mol. The molecule has 12 heteroatoms. The maximum Gasteiger partial charge on any atom is 0.490 e. The Morgan fingerprint density at radius 1 is 1.43 bits per heavy atom. The van der Waals surface area contributed by atoms with Gasteiger partial charge in [0.2, 0.25) is 0 Å². The predicted molar refractivity (Wildman–Crippen MR) is 105 cm³/mol. The van der Waals surface area contributed by atoms with E-state index in [1.54, 1.807) is 18.5 Å². The van der Waals surface area contributed by atoms with Crippen LogP contribution in [0, 0.1) is 0 Å². The second-order valence-electron chi connectivity index (χ2n) is 6.14. The van der Waals surface area contributed by atoms with Crippen molar-refractivity contribution in [1.29, 1.82) is 0 Å². The van der Waals surface area contributed by atoms with Crippen LogP contribution >= 0.6 is 11.8 Å². The van der Waals surface area contributed by atoms with Crippen molar-refractivity contribution >= 4 is 34.9 Å². The van der Waals surface area contributed by atoms with Gasteiger partial charge in [0, 0.05) is 24.9 Å². The van der Waals surface area contributed by atoms with Gasteiger partial charge >= 0.3 is 18.1 Å². The van der Waals surface area contributed by atoms with Crippen LogP contribution < -0.4 is 5.32 Å². The number of nitrogens with zero attached hydrogens (tertiary/aromatic N) is 2. The quantitative estimate of drug-likeness (QED) is 0.635. The molecule has 1 aromatic rings. The number of esters is 1. The maximum absolute atomic E-state index is 11.4. The highest BCUT2D eigenvalue weighted by Crippen LogP contribution is 2.26. The van der Waals surface area contributed by atoms with Gasteiger partial charge in [-0.3, -0.25) is 14.3 Å². The monoisotopic (exact) mass is 451 g/mol. The number of thioether (sulfide) groups is 1. The zero-order valence-corrected chi connectivity index (χ0v) is 17.4. The van der Waals surface area contributed by atoms with Crippen LogP contribution in [0.25, 0.3) is 6.08 Å². The molecule has 2 N–H and O–H groups in total. The predicted octanol–water partition coefficient (Wildman–Crippen LogP) is 2.49. The van der Waals surface area contributed by atoms with E-state index in [-0.39, 0.29) is 16.3 Å². The third kappa shape index (κ3) is 9.92. The van der Waals surface area contributed by atoms with Gasteiger partial charge in [0.1, 0.15) is 0 Å². The lowest BCUT2D eigenvalue weighted by atomic mass is 10.0. The molecule has 0 radical (unpaired) electrons. The van der Waals surface area contributed by atoms with Crippen molar-refractivity contribution in [3.63, 3.8) is 0 Å². The van der Waals surface area contributed by atoms with Crippen LogP contribution in [0.1, 0.15) is 32.4 Å². The van der Waals surface area contributed by atoms with Crippen LogP contribution in [0.4, 0.5) is 13.2 Å². The molecule has 1 aromatic heterocycles. The molecule has 0 aliphatic carbocycles. The zero-order chi connectivity index (χ0) is 22.7. The number of aromatic nitrogens is 2. The highest BCUT2D eigenvalue weighted by atomic mass is 32.2. The van der Waals surface area contributed by atoms with Crippen molar-refractivity contribution in [2.24, 2.45) is 0 Å². The Bertz CT molecular complexity index is 764. The first-order valence-electron chi connectivity index (χ1n) is 9.10. The van der Waals surface area contributed by atoms with E-state index in [0.717, 1.165) is 25.2 Å². The Kier molecular flexibility index (Phi) is 10.6. The first-order valence-corrected chi connectivity index (χ1v) is 9.98. The van der Waals surface area contributed by atoms with Gasteiger partial charge in [-0.1, -0.05) is 11.8 Å². The summed E-state index contributed by atoms with van der Waals surface area (Å²) in [4.78, 5) is 31.6. The number of rotatable bonds is 6. The summed E-state index contributed by atoms with van der Waals surface area (Å²) in [6.45, 7) is 6.01. The van der Waals surface area contributed by atoms with E-state index >= 15 is 0 Å². The Balaban J connectivity index is 0.000000553. The molecule has 168 valence electrons. The smallest absolute Gasteiger partial charge is 0.475 e. The van der Waals surface area contributed by atoms with Crippen molar-refractivity contribution in [1.82, 2.24) is 15.1 Å². The summed E-state index contributed by atoms with van der Waals surface area (Å²) in [7, 11) is 0. The first kappa shape index (κ1) is 25.7. The van der Waals surface area contributed by atoms with Crippen LogP contribution in [0.5, 0.6) is 0 Å². The van der Waals surface area contributed by atoms with Gasteiger partial charge in [0.15, 0.2) is 5.12 Å². The van der Waals surface area contributed by atoms with Crippen molar-refractivity contribution in [2.75, 3.05) is 19.7 Å². The fraction of sp³-hybridized carbons (Fsp3) is 0.556. The maximum atomic E-state index is 11.4. The number of nitrogens with one attached hydrogen (secondary N) is 1. The molecule has 0 bridgehead atoms. The summed E-state index contributed by atoms with van der Waals surface area (Å²) in [6, 6.07) is 1.92. The summed E-state index contributed by atoms with van der Waals surface area (Å²) >= 11 is 1.39. The molecule has 1 aliphatic heterocycles. The van der Waals surface area contributed by atoms with Gasteiger partial charge in [-0.15, -0.1) is 0 Å². The van der Waals surface area contributed by atoms with Crippen LogP contribution in [0.15, 0.2) is 17.8 Å². The number of aliphatic carboxylic acids is 1. The number of carboxylic acid groups (broad SMARTS) is 1. The number of carbonyl (C=O) groups excluding carboxylic acids is 2. The summed E-state index contributed by atoms with van der Waals surface area (Å²) < 4.78 is 38.4. The largest absolute Gasteiger partial charge is 0.490 e. The van der Waals surface area contributed by atoms with Crippen molar-refractivity contribution in [3.05, 3.63) is 23.5 Å². The summed E-state index contributed by atoms with van der Waals surface area (Å²) in [6.07, 6.45) is 0.0676. The lowest BCUT2D eigenvalue weighted by molar-refractivity contribution is -0.192. The van der Waals surface area contributed by atoms with Gasteiger partial charge < -0.3 is 15.2 Å². The van der Waals surface area contributed by atoms with Gasteiger partial charge in [-0.05, 0) is 37.6 Å². The van der Waals surface area contributed by atoms with Crippen LogP contribution in [-0.2, 0) is 25.7 Å². The number of ether oxygens (including phenoxy) is 1. The molecular weight excluding hydrogens is 427 g/mol. The van der Waals surface area contributed by atoms with Crippen LogP contribution in [0.3, 0.4) is 0 Å². The van der Waals surface area contributed by atoms with Crippen molar-refractivity contribution in [3.8, 4) is 0 Å². The number of halogens is 3. The third-order valence-electron chi connectivity index (χ3n) is 3.72. The minimum Gasteiger partial charge on any atom is -0.475 e. The van der Waals surface area contributed by atoms with E-state index in [1.807, 2.05) is 18.3 Å². The fourth-order valence-corrected chi connectivity index (χ4v) is 3.39. The normalized spacial score (nSPS) is 17.8. The summed E-state index contributed by atoms with van der Waals surface area (Å²) in [5.41, 5.74) is 2.04. The standard InChI is InChI=1S/C16H23N3O3S.C2HF3O2/c1-3-22-16(21)6-9-19-8-5-14(18-19)10-13-11-17-7-4-15(13)23-12(2)20;3-2(4,5)1(6)7/h5,8,10,15,17H,3-4,6-7,9,11H2,1-2H3;(H,6,7)/b13-10-;. The molecule has 1 saturated heterocycles. The fourth-order valence-electron chi connectivity index (χ4n) is 2.45. The van der Waals surface area contributed by atoms with Crippen LogP contribution in [-0.4, -0.2) is 63.1 Å². The molecule has 1 fully saturated rings. The minimum absolute atomic E-state index is 0.141. The molecule has 0 saturated carbocycles. The number of carbonyl (C=O) groups is 3. The van der Waals surface area contributed by atoms with E-state index in [4.69, 9.17) is 14.6 Å². The van der Waals surface area contributed by atoms with Crippen molar-refractivity contribution < 1.29 is 37.4 Å². The molecule has 8 nitrogen and oxygen atoms in total. The van der Waals surface area contributed by atoms with E-state index in [2.05, 4.69) is 10.4 Å². The Hall–Kier alpha value is -2.34. The highest BCUT2D eigenvalue weighted by Gasteiger charge is 2.38. The SMILES string of the molecule is CCOC(=O)CCn1ccc(/C=C2/CNCCC2SC(C)=O)n1.O=C(O)C(F)(F)F. The summed E-state index contributed by atoms with van der Waals surface area (Å²) in [5, 5.41) is 15.3. The molecule has 1 atom stereocenters.